The van der Waals surface area contributed by atoms with Crippen LogP contribution in [-0.2, 0) is 7.05 Å². The minimum Gasteiger partial charge on any atom is -0.396 e. The first-order valence-electron chi connectivity index (χ1n) is 7.29. The van der Waals surface area contributed by atoms with Gasteiger partial charge in [-0.25, -0.2) is 0 Å². The van der Waals surface area contributed by atoms with Crippen molar-refractivity contribution in [2.75, 3.05) is 18.6 Å². The van der Waals surface area contributed by atoms with E-state index in [1.54, 1.807) is 11.8 Å². The number of carbonyl (C=O) groups is 1. The second kappa shape index (κ2) is 8.06. The van der Waals surface area contributed by atoms with Crippen LogP contribution >= 0.6 is 11.8 Å². The number of amides is 1. The predicted molar refractivity (Wildman–Crippen MR) is 92.2 cm³/mol. The summed E-state index contributed by atoms with van der Waals surface area (Å²) in [5, 5.41) is 12.1. The van der Waals surface area contributed by atoms with Crippen molar-refractivity contribution in [2.24, 2.45) is 7.05 Å². The number of carbonyl (C=O) groups excluding carboxylic acids is 1. The summed E-state index contributed by atoms with van der Waals surface area (Å²) in [7, 11) is 1.90. The van der Waals surface area contributed by atoms with Crippen LogP contribution in [-0.4, -0.2) is 40.2 Å². The molecule has 0 bridgehead atoms. The van der Waals surface area contributed by atoms with E-state index in [2.05, 4.69) is 5.32 Å². The Bertz CT molecular complexity index is 604. The lowest BCUT2D eigenvalue weighted by Crippen LogP contribution is -2.38. The third kappa shape index (κ3) is 3.93. The highest BCUT2D eigenvalue weighted by molar-refractivity contribution is 7.98. The van der Waals surface area contributed by atoms with Gasteiger partial charge in [0.2, 0.25) is 0 Å². The van der Waals surface area contributed by atoms with Gasteiger partial charge in [-0.2, -0.15) is 11.8 Å². The van der Waals surface area contributed by atoms with Crippen molar-refractivity contribution in [3.8, 4) is 11.3 Å². The number of aliphatic hydroxyl groups is 1. The summed E-state index contributed by atoms with van der Waals surface area (Å²) < 4.78 is 1.90. The summed E-state index contributed by atoms with van der Waals surface area (Å²) in [5.74, 6) is 0.694. The van der Waals surface area contributed by atoms with Crippen molar-refractivity contribution in [3.63, 3.8) is 0 Å². The Balaban J connectivity index is 2.16. The SMILES string of the molecule is CSCC(CCO)NC(=O)c1ccc(-c2ccccc2)n1C. The third-order valence-corrected chi connectivity index (χ3v) is 4.34. The number of hydrogen-bond acceptors (Lipinski definition) is 3. The van der Waals surface area contributed by atoms with Gasteiger partial charge in [0.15, 0.2) is 0 Å². The number of rotatable bonds is 7. The van der Waals surface area contributed by atoms with Gasteiger partial charge in [0.05, 0.1) is 0 Å². The van der Waals surface area contributed by atoms with Gasteiger partial charge in [0.1, 0.15) is 5.69 Å². The van der Waals surface area contributed by atoms with E-state index in [9.17, 15) is 4.79 Å². The average Bonchev–Trinajstić information content (AvgIpc) is 2.90. The minimum atomic E-state index is -0.0998. The fourth-order valence-corrected chi connectivity index (χ4v) is 3.10. The Morgan fingerprint density at radius 2 is 2.00 bits per heavy atom. The summed E-state index contributed by atoms with van der Waals surface area (Å²) in [6.07, 6.45) is 2.56. The van der Waals surface area contributed by atoms with Gasteiger partial charge in [0.25, 0.3) is 5.91 Å². The average molecular weight is 318 g/mol. The highest BCUT2D eigenvalue weighted by Crippen LogP contribution is 2.21. The summed E-state index contributed by atoms with van der Waals surface area (Å²) in [6.45, 7) is 0.0773. The fourth-order valence-electron chi connectivity index (χ4n) is 2.45. The first kappa shape index (κ1) is 16.6. The molecule has 2 rings (SSSR count). The van der Waals surface area contributed by atoms with Crippen LogP contribution in [0.3, 0.4) is 0 Å². The molecule has 1 amide bonds. The van der Waals surface area contributed by atoms with E-state index in [0.717, 1.165) is 17.0 Å². The number of thioether (sulfide) groups is 1. The number of nitrogens with zero attached hydrogens (tertiary/aromatic N) is 1. The van der Waals surface area contributed by atoms with E-state index in [0.29, 0.717) is 12.1 Å². The van der Waals surface area contributed by atoms with Gasteiger partial charge in [-0.1, -0.05) is 30.3 Å². The molecule has 1 heterocycles. The van der Waals surface area contributed by atoms with E-state index >= 15 is 0 Å². The van der Waals surface area contributed by atoms with Gasteiger partial charge in [0, 0.05) is 31.1 Å². The topological polar surface area (TPSA) is 54.3 Å². The fraction of sp³-hybridized carbons (Fsp3) is 0.353. The Labute approximate surface area is 135 Å². The van der Waals surface area contributed by atoms with Gasteiger partial charge >= 0.3 is 0 Å². The van der Waals surface area contributed by atoms with Crippen LogP contribution in [0.2, 0.25) is 0 Å². The molecule has 2 aromatic rings. The predicted octanol–water partition coefficient (Wildman–Crippen LogP) is 2.54. The van der Waals surface area contributed by atoms with Gasteiger partial charge in [-0.05, 0) is 30.4 Å². The smallest absolute Gasteiger partial charge is 0.268 e. The first-order chi connectivity index (χ1) is 10.7. The van der Waals surface area contributed by atoms with Crippen LogP contribution < -0.4 is 5.32 Å². The number of nitrogens with one attached hydrogen (secondary N) is 1. The maximum absolute atomic E-state index is 12.4. The van der Waals surface area contributed by atoms with Gasteiger partial charge in [-0.3, -0.25) is 4.79 Å². The highest BCUT2D eigenvalue weighted by atomic mass is 32.2. The quantitative estimate of drug-likeness (QED) is 0.825. The van der Waals surface area contributed by atoms with Crippen molar-refractivity contribution < 1.29 is 9.90 Å². The summed E-state index contributed by atoms with van der Waals surface area (Å²) >= 11 is 1.66. The Morgan fingerprint density at radius 1 is 1.27 bits per heavy atom. The van der Waals surface area contributed by atoms with Crippen LogP contribution in [0.4, 0.5) is 0 Å². The summed E-state index contributed by atoms with van der Waals surface area (Å²) in [4.78, 5) is 12.4. The van der Waals surface area contributed by atoms with Crippen LogP contribution in [0.5, 0.6) is 0 Å². The highest BCUT2D eigenvalue weighted by Gasteiger charge is 2.17. The molecule has 2 N–H and O–H groups in total. The van der Waals surface area contributed by atoms with Crippen LogP contribution in [0.15, 0.2) is 42.5 Å². The molecular formula is C17H22N2O2S. The first-order valence-corrected chi connectivity index (χ1v) is 8.68. The zero-order valence-corrected chi connectivity index (χ0v) is 13.8. The standard InChI is InChI=1S/C17H22N2O2S/c1-19-15(13-6-4-3-5-7-13)8-9-16(19)17(21)18-14(10-11-20)12-22-2/h3-9,14,20H,10-12H2,1-2H3,(H,18,21). The Hall–Kier alpha value is -1.72. The molecule has 4 nitrogen and oxygen atoms in total. The van der Waals surface area contributed by atoms with E-state index in [1.165, 1.54) is 0 Å². The Morgan fingerprint density at radius 3 is 2.64 bits per heavy atom. The molecular weight excluding hydrogens is 296 g/mol. The molecule has 0 radical (unpaired) electrons. The van der Waals surface area contributed by atoms with Crippen molar-refractivity contribution in [2.45, 2.75) is 12.5 Å². The molecule has 1 atom stereocenters. The molecule has 0 spiro atoms. The lowest BCUT2D eigenvalue weighted by molar-refractivity contribution is 0.0927. The maximum atomic E-state index is 12.4. The van der Waals surface area contributed by atoms with E-state index in [-0.39, 0.29) is 18.6 Å². The number of aromatic nitrogens is 1. The molecule has 1 unspecified atom stereocenters. The van der Waals surface area contributed by atoms with Gasteiger partial charge in [-0.15, -0.1) is 0 Å². The molecule has 0 aliphatic carbocycles. The van der Waals surface area contributed by atoms with E-state index in [4.69, 9.17) is 5.11 Å². The van der Waals surface area contributed by atoms with Crippen molar-refractivity contribution in [3.05, 3.63) is 48.2 Å². The van der Waals surface area contributed by atoms with E-state index < -0.39 is 0 Å². The normalized spacial score (nSPS) is 12.1. The molecule has 0 saturated heterocycles. The maximum Gasteiger partial charge on any atom is 0.268 e. The van der Waals surface area contributed by atoms with Gasteiger partial charge < -0.3 is 15.0 Å². The van der Waals surface area contributed by atoms with Crippen LogP contribution in [0.1, 0.15) is 16.9 Å². The molecule has 0 aliphatic heterocycles. The molecule has 0 fully saturated rings. The zero-order chi connectivity index (χ0) is 15.9. The van der Waals surface area contributed by atoms with Crippen molar-refractivity contribution in [1.29, 1.82) is 0 Å². The van der Waals surface area contributed by atoms with Crippen LogP contribution in [0, 0.1) is 0 Å². The third-order valence-electron chi connectivity index (χ3n) is 3.60. The molecule has 0 saturated carbocycles. The summed E-state index contributed by atoms with van der Waals surface area (Å²) in [5.41, 5.74) is 2.72. The Kier molecular flexibility index (Phi) is 6.10. The van der Waals surface area contributed by atoms with Crippen molar-refractivity contribution in [1.82, 2.24) is 9.88 Å². The number of hydrogen-bond donors (Lipinski definition) is 2. The molecule has 1 aromatic carbocycles. The lowest BCUT2D eigenvalue weighted by atomic mass is 10.2. The second-order valence-corrected chi connectivity index (χ2v) is 6.08. The van der Waals surface area contributed by atoms with Crippen LogP contribution in [0.25, 0.3) is 11.3 Å². The monoisotopic (exact) mass is 318 g/mol. The molecule has 1 aromatic heterocycles. The number of aliphatic hydroxyl groups excluding tert-OH is 1. The largest absolute Gasteiger partial charge is 0.396 e. The number of benzene rings is 1. The minimum absolute atomic E-state index is 0.0115. The molecule has 22 heavy (non-hydrogen) atoms. The molecule has 118 valence electrons. The van der Waals surface area contributed by atoms with E-state index in [1.807, 2.05) is 60.3 Å². The molecule has 0 aliphatic rings. The lowest BCUT2D eigenvalue weighted by Gasteiger charge is -2.17. The summed E-state index contributed by atoms with van der Waals surface area (Å²) in [6, 6.07) is 13.8. The second-order valence-electron chi connectivity index (χ2n) is 5.17. The zero-order valence-electron chi connectivity index (χ0n) is 13.0. The van der Waals surface area contributed by atoms with Crippen molar-refractivity contribution >= 4 is 17.7 Å². The molecule has 5 heteroatoms.